The first-order valence-corrected chi connectivity index (χ1v) is 9.53. The molecule has 0 radical (unpaired) electrons. The predicted molar refractivity (Wildman–Crippen MR) is 104 cm³/mol. The van der Waals surface area contributed by atoms with Gasteiger partial charge in [0.15, 0.2) is 0 Å². The smallest absolute Gasteiger partial charge is 0.325 e. The van der Waals surface area contributed by atoms with Gasteiger partial charge in [-0.15, -0.1) is 11.3 Å². The lowest BCUT2D eigenvalue weighted by molar-refractivity contribution is -0.134. The van der Waals surface area contributed by atoms with Crippen LogP contribution in [0.3, 0.4) is 0 Å². The van der Waals surface area contributed by atoms with Crippen molar-refractivity contribution >= 4 is 35.1 Å². The first-order chi connectivity index (χ1) is 13.3. The fourth-order valence-corrected chi connectivity index (χ4v) is 3.71. The molecule has 5 amide bonds. The summed E-state index contributed by atoms with van der Waals surface area (Å²) in [6.07, 6.45) is 0.682. The molecule has 28 heavy (non-hydrogen) atoms. The van der Waals surface area contributed by atoms with E-state index in [1.54, 1.807) is 23.5 Å². The molecule has 1 saturated heterocycles. The summed E-state index contributed by atoms with van der Waals surface area (Å²) in [5, 5.41) is 7.27. The molecule has 4 N–H and O–H groups in total. The number of nitrogens with one attached hydrogen (secondary N) is 2. The Labute approximate surface area is 165 Å². The van der Waals surface area contributed by atoms with Crippen LogP contribution >= 0.6 is 11.3 Å². The maximum absolute atomic E-state index is 12.9. The summed E-state index contributed by atoms with van der Waals surface area (Å²) >= 11 is 1.60. The molecule has 9 heteroatoms. The van der Waals surface area contributed by atoms with E-state index in [0.717, 1.165) is 9.78 Å². The number of urea groups is 1. The van der Waals surface area contributed by atoms with Crippen LogP contribution in [0.5, 0.6) is 0 Å². The number of hydrogen-bond donors (Lipinski definition) is 3. The Balaban J connectivity index is 1.66. The molecule has 2 aromatic rings. The number of rotatable bonds is 7. The van der Waals surface area contributed by atoms with E-state index < -0.39 is 29.3 Å². The highest BCUT2D eigenvalue weighted by molar-refractivity contribution is 7.09. The maximum Gasteiger partial charge on any atom is 0.325 e. The van der Waals surface area contributed by atoms with Gasteiger partial charge in [0.1, 0.15) is 12.1 Å². The molecule has 1 fully saturated rings. The first kappa shape index (κ1) is 19.6. The van der Waals surface area contributed by atoms with Crippen LogP contribution in [-0.2, 0) is 21.5 Å². The minimum atomic E-state index is -1.38. The summed E-state index contributed by atoms with van der Waals surface area (Å²) in [5.74, 6) is -1.62. The number of nitrogens with two attached hydrogens (primary N) is 1. The van der Waals surface area contributed by atoms with Gasteiger partial charge in [0.25, 0.3) is 5.91 Å². The van der Waals surface area contributed by atoms with Gasteiger partial charge in [0.2, 0.25) is 11.8 Å². The number of carbonyl (C=O) groups is 4. The summed E-state index contributed by atoms with van der Waals surface area (Å²) in [4.78, 5) is 50.8. The zero-order valence-corrected chi connectivity index (χ0v) is 16.0. The molecule has 0 unspecified atom stereocenters. The van der Waals surface area contributed by atoms with Crippen LogP contribution in [-0.4, -0.2) is 41.7 Å². The average Bonchev–Trinajstić information content (AvgIpc) is 3.25. The van der Waals surface area contributed by atoms with Gasteiger partial charge in [-0.2, -0.15) is 0 Å². The van der Waals surface area contributed by atoms with Crippen molar-refractivity contribution in [3.05, 3.63) is 57.8 Å². The van der Waals surface area contributed by atoms with E-state index in [1.807, 2.05) is 17.5 Å². The lowest BCUT2D eigenvalue weighted by Gasteiger charge is -2.22. The van der Waals surface area contributed by atoms with Gasteiger partial charge >= 0.3 is 6.03 Å². The number of amides is 5. The van der Waals surface area contributed by atoms with Crippen molar-refractivity contribution in [3.8, 4) is 0 Å². The number of imide groups is 1. The van der Waals surface area contributed by atoms with Gasteiger partial charge < -0.3 is 16.4 Å². The number of benzene rings is 1. The Kier molecular flexibility index (Phi) is 5.46. The number of carbonyl (C=O) groups excluding carboxylic acids is 4. The lowest BCUT2D eigenvalue weighted by atomic mass is 9.90. The van der Waals surface area contributed by atoms with Crippen molar-refractivity contribution in [1.82, 2.24) is 15.5 Å². The standard InChI is InChI=1S/C19H20N4O4S/c1-19(13-5-2-4-12(10-13)16(20)25)17(26)23(18(27)22-19)11-15(24)21-8-7-14-6-3-9-28-14/h2-6,9-10H,7-8,11H2,1H3,(H2,20,25)(H,21,24)(H,22,27)/t19-/m0/s1. The second-order valence-corrected chi connectivity index (χ2v) is 7.60. The number of primary amides is 1. The SMILES string of the molecule is C[C@@]1(c2cccc(C(N)=O)c2)NC(=O)N(CC(=O)NCCc2cccs2)C1=O. The van der Waals surface area contributed by atoms with Gasteiger partial charge in [0.05, 0.1) is 0 Å². The minimum absolute atomic E-state index is 0.227. The fraction of sp³-hybridized carbons (Fsp3) is 0.263. The van der Waals surface area contributed by atoms with Gasteiger partial charge in [-0.1, -0.05) is 18.2 Å². The van der Waals surface area contributed by atoms with E-state index in [9.17, 15) is 19.2 Å². The molecular formula is C19H20N4O4S. The van der Waals surface area contributed by atoms with Gasteiger partial charge in [-0.3, -0.25) is 19.3 Å². The van der Waals surface area contributed by atoms with Crippen LogP contribution in [0.4, 0.5) is 4.79 Å². The van der Waals surface area contributed by atoms with Gasteiger partial charge in [0, 0.05) is 17.0 Å². The Morgan fingerprint density at radius 1 is 1.25 bits per heavy atom. The molecule has 1 aliphatic rings. The number of thiophene rings is 1. The zero-order valence-electron chi connectivity index (χ0n) is 15.2. The van der Waals surface area contributed by atoms with Crippen LogP contribution in [0.2, 0.25) is 0 Å². The normalized spacial score (nSPS) is 18.8. The molecule has 146 valence electrons. The molecule has 3 rings (SSSR count). The fourth-order valence-electron chi connectivity index (χ4n) is 3.00. The van der Waals surface area contributed by atoms with Gasteiger partial charge in [-0.25, -0.2) is 4.79 Å². The third-order valence-electron chi connectivity index (χ3n) is 4.57. The lowest BCUT2D eigenvalue weighted by Crippen LogP contribution is -2.43. The number of nitrogens with zero attached hydrogens (tertiary/aromatic N) is 1. The summed E-state index contributed by atoms with van der Waals surface area (Å²) in [7, 11) is 0. The quantitative estimate of drug-likeness (QED) is 0.600. The predicted octanol–water partition coefficient (Wildman–Crippen LogP) is 0.973. The summed E-state index contributed by atoms with van der Waals surface area (Å²) in [6, 6.07) is 9.43. The topological polar surface area (TPSA) is 122 Å². The second kappa shape index (κ2) is 7.81. The Morgan fingerprint density at radius 2 is 2.04 bits per heavy atom. The average molecular weight is 400 g/mol. The molecule has 2 heterocycles. The van der Waals surface area contributed by atoms with E-state index in [2.05, 4.69) is 10.6 Å². The summed E-state index contributed by atoms with van der Waals surface area (Å²) < 4.78 is 0. The zero-order chi connectivity index (χ0) is 20.3. The van der Waals surface area contributed by atoms with E-state index in [0.29, 0.717) is 18.5 Å². The second-order valence-electron chi connectivity index (χ2n) is 6.57. The highest BCUT2D eigenvalue weighted by Gasteiger charge is 2.49. The van der Waals surface area contributed by atoms with Crippen molar-refractivity contribution in [2.24, 2.45) is 5.73 Å². The third kappa shape index (κ3) is 3.89. The molecule has 1 atom stereocenters. The van der Waals surface area contributed by atoms with Crippen molar-refractivity contribution in [2.45, 2.75) is 18.9 Å². The molecule has 1 aromatic heterocycles. The molecule has 0 spiro atoms. The summed E-state index contributed by atoms with van der Waals surface area (Å²) in [5.41, 5.74) is 4.56. The monoisotopic (exact) mass is 400 g/mol. The molecule has 1 aliphatic heterocycles. The Hall–Kier alpha value is -3.20. The molecule has 1 aromatic carbocycles. The molecular weight excluding hydrogens is 380 g/mol. The highest BCUT2D eigenvalue weighted by Crippen LogP contribution is 2.29. The Bertz CT molecular complexity index is 928. The van der Waals surface area contributed by atoms with E-state index in [-0.39, 0.29) is 12.1 Å². The Morgan fingerprint density at radius 3 is 2.71 bits per heavy atom. The van der Waals surface area contributed by atoms with Crippen LogP contribution in [0.15, 0.2) is 41.8 Å². The summed E-state index contributed by atoms with van der Waals surface area (Å²) in [6.45, 7) is 1.57. The largest absolute Gasteiger partial charge is 0.366 e. The van der Waals surface area contributed by atoms with Crippen LogP contribution in [0.1, 0.15) is 27.7 Å². The number of hydrogen-bond acceptors (Lipinski definition) is 5. The van der Waals surface area contributed by atoms with Crippen LogP contribution in [0, 0.1) is 0 Å². The molecule has 8 nitrogen and oxygen atoms in total. The van der Waals surface area contributed by atoms with Gasteiger partial charge in [-0.05, 0) is 42.5 Å². The molecule has 0 aliphatic carbocycles. The van der Waals surface area contributed by atoms with E-state index in [1.165, 1.54) is 19.1 Å². The highest BCUT2D eigenvalue weighted by atomic mass is 32.1. The van der Waals surface area contributed by atoms with Crippen molar-refractivity contribution in [2.75, 3.05) is 13.1 Å². The van der Waals surface area contributed by atoms with Crippen molar-refractivity contribution in [1.29, 1.82) is 0 Å². The third-order valence-corrected chi connectivity index (χ3v) is 5.51. The minimum Gasteiger partial charge on any atom is -0.366 e. The molecule has 0 saturated carbocycles. The first-order valence-electron chi connectivity index (χ1n) is 8.65. The van der Waals surface area contributed by atoms with Crippen molar-refractivity contribution < 1.29 is 19.2 Å². The maximum atomic E-state index is 12.9. The molecule has 0 bridgehead atoms. The van der Waals surface area contributed by atoms with E-state index >= 15 is 0 Å². The van der Waals surface area contributed by atoms with E-state index in [4.69, 9.17) is 5.73 Å². The van der Waals surface area contributed by atoms with Crippen molar-refractivity contribution in [3.63, 3.8) is 0 Å². The van der Waals surface area contributed by atoms with Crippen LogP contribution < -0.4 is 16.4 Å². The van der Waals surface area contributed by atoms with Crippen LogP contribution in [0.25, 0.3) is 0 Å².